The van der Waals surface area contributed by atoms with Crippen LogP contribution in [-0.2, 0) is 11.3 Å². The first kappa shape index (κ1) is 12.9. The maximum absolute atomic E-state index is 5.61. The Morgan fingerprint density at radius 2 is 2.26 bits per heavy atom. The molecule has 2 atom stereocenters. The quantitative estimate of drug-likeness (QED) is 0.884. The largest absolute Gasteiger partial charge is 0.379 e. The lowest BCUT2D eigenvalue weighted by molar-refractivity contribution is 0.192. The number of para-hydroxylation sites is 1. The number of rotatable bonds is 2. The molecule has 1 N–H and O–H groups in total. The lowest BCUT2D eigenvalue weighted by Gasteiger charge is -2.37. The number of ether oxygens (including phenoxy) is 1. The fourth-order valence-electron chi connectivity index (χ4n) is 3.10. The van der Waals surface area contributed by atoms with Gasteiger partial charge in [-0.2, -0.15) is 0 Å². The average Bonchev–Trinajstić information content (AvgIpc) is 2.92. The van der Waals surface area contributed by atoms with E-state index in [4.69, 9.17) is 4.74 Å². The fraction of sp³-hybridized carbons (Fsp3) is 0.625. The molecule has 0 spiro atoms. The van der Waals surface area contributed by atoms with E-state index in [9.17, 15) is 0 Å². The van der Waals surface area contributed by atoms with Crippen molar-refractivity contribution in [2.24, 2.45) is 0 Å². The highest BCUT2D eigenvalue weighted by Crippen LogP contribution is 2.31. The third kappa shape index (κ3) is 2.49. The molecule has 0 bridgehead atoms. The van der Waals surface area contributed by atoms with Crippen molar-refractivity contribution in [1.29, 1.82) is 0 Å². The predicted octanol–water partition coefficient (Wildman–Crippen LogP) is 2.55. The number of nitrogens with zero attached hydrogens (tertiary/aromatic N) is 1. The third-order valence-corrected chi connectivity index (χ3v) is 4.65. The van der Waals surface area contributed by atoms with Crippen molar-refractivity contribution in [3.63, 3.8) is 0 Å². The summed E-state index contributed by atoms with van der Waals surface area (Å²) < 4.78 is 5.61. The minimum absolute atomic E-state index is 0.182. The lowest BCUT2D eigenvalue weighted by Crippen LogP contribution is -2.51. The first-order valence-electron chi connectivity index (χ1n) is 7.39. The van der Waals surface area contributed by atoms with Crippen molar-refractivity contribution < 1.29 is 4.74 Å². The van der Waals surface area contributed by atoms with Crippen molar-refractivity contribution >= 4 is 5.69 Å². The Morgan fingerprint density at radius 1 is 1.42 bits per heavy atom. The van der Waals surface area contributed by atoms with Crippen LogP contribution in [0.4, 0.5) is 5.69 Å². The molecule has 0 radical (unpaired) electrons. The Kier molecular flexibility index (Phi) is 3.50. The topological polar surface area (TPSA) is 24.5 Å². The van der Waals surface area contributed by atoms with Gasteiger partial charge in [-0.3, -0.25) is 0 Å². The maximum atomic E-state index is 5.61. The molecule has 0 saturated carbocycles. The SMILES string of the molecule is CCC1(C)CN(C2CCOC2)c2ccccc2CN1. The van der Waals surface area contributed by atoms with Gasteiger partial charge < -0.3 is 15.0 Å². The highest BCUT2D eigenvalue weighted by Gasteiger charge is 2.34. The van der Waals surface area contributed by atoms with Crippen LogP contribution in [-0.4, -0.2) is 31.3 Å². The van der Waals surface area contributed by atoms with Crippen LogP contribution in [0.2, 0.25) is 0 Å². The monoisotopic (exact) mass is 260 g/mol. The second-order valence-corrected chi connectivity index (χ2v) is 6.04. The van der Waals surface area contributed by atoms with Crippen molar-refractivity contribution in [1.82, 2.24) is 5.32 Å². The molecule has 1 aromatic rings. The van der Waals surface area contributed by atoms with E-state index in [0.29, 0.717) is 6.04 Å². The summed E-state index contributed by atoms with van der Waals surface area (Å²) in [6, 6.07) is 9.32. The van der Waals surface area contributed by atoms with E-state index >= 15 is 0 Å². The van der Waals surface area contributed by atoms with E-state index in [1.807, 2.05) is 0 Å². The molecule has 3 nitrogen and oxygen atoms in total. The second kappa shape index (κ2) is 5.14. The highest BCUT2D eigenvalue weighted by molar-refractivity contribution is 5.56. The molecule has 0 amide bonds. The van der Waals surface area contributed by atoms with Crippen LogP contribution in [0.1, 0.15) is 32.3 Å². The van der Waals surface area contributed by atoms with Crippen molar-refractivity contribution in [2.75, 3.05) is 24.7 Å². The number of fused-ring (bicyclic) bond motifs is 1. The van der Waals surface area contributed by atoms with Crippen LogP contribution < -0.4 is 10.2 Å². The zero-order valence-corrected chi connectivity index (χ0v) is 12.0. The van der Waals surface area contributed by atoms with E-state index in [-0.39, 0.29) is 5.54 Å². The van der Waals surface area contributed by atoms with Crippen molar-refractivity contribution in [3.05, 3.63) is 29.8 Å². The van der Waals surface area contributed by atoms with Crippen LogP contribution in [0, 0.1) is 0 Å². The van der Waals surface area contributed by atoms with Gasteiger partial charge in [-0.05, 0) is 31.4 Å². The Hall–Kier alpha value is -1.06. The minimum atomic E-state index is 0.182. The summed E-state index contributed by atoms with van der Waals surface area (Å²) in [5, 5.41) is 3.73. The van der Waals surface area contributed by atoms with Gasteiger partial charge in [0.2, 0.25) is 0 Å². The van der Waals surface area contributed by atoms with E-state index in [2.05, 4.69) is 48.3 Å². The zero-order chi connectivity index (χ0) is 13.3. The highest BCUT2D eigenvalue weighted by atomic mass is 16.5. The molecular formula is C16H24N2O. The second-order valence-electron chi connectivity index (χ2n) is 6.04. The van der Waals surface area contributed by atoms with E-state index in [0.717, 1.165) is 39.1 Å². The molecule has 1 aromatic carbocycles. The summed E-state index contributed by atoms with van der Waals surface area (Å²) in [5.74, 6) is 0. The Balaban J connectivity index is 1.96. The molecular weight excluding hydrogens is 236 g/mol. The molecule has 2 aliphatic heterocycles. The molecule has 2 heterocycles. The van der Waals surface area contributed by atoms with Gasteiger partial charge in [-0.1, -0.05) is 25.1 Å². The molecule has 2 unspecified atom stereocenters. The smallest absolute Gasteiger partial charge is 0.0670 e. The molecule has 19 heavy (non-hydrogen) atoms. The van der Waals surface area contributed by atoms with Gasteiger partial charge in [0.05, 0.1) is 12.6 Å². The predicted molar refractivity (Wildman–Crippen MR) is 78.5 cm³/mol. The summed E-state index contributed by atoms with van der Waals surface area (Å²) >= 11 is 0. The average molecular weight is 260 g/mol. The Bertz CT molecular complexity index is 442. The normalized spacial score (nSPS) is 31.1. The molecule has 0 aliphatic carbocycles. The van der Waals surface area contributed by atoms with Crippen molar-refractivity contribution in [2.45, 2.75) is 44.8 Å². The Morgan fingerprint density at radius 3 is 3.00 bits per heavy atom. The number of anilines is 1. The molecule has 3 heteroatoms. The van der Waals surface area contributed by atoms with Gasteiger partial charge in [0.1, 0.15) is 0 Å². The number of benzene rings is 1. The minimum Gasteiger partial charge on any atom is -0.379 e. The molecule has 0 aromatic heterocycles. The zero-order valence-electron chi connectivity index (χ0n) is 12.0. The number of hydrogen-bond acceptors (Lipinski definition) is 3. The van der Waals surface area contributed by atoms with Crippen LogP contribution in [0.15, 0.2) is 24.3 Å². The Labute approximate surface area is 115 Å². The van der Waals surface area contributed by atoms with E-state index < -0.39 is 0 Å². The van der Waals surface area contributed by atoms with Gasteiger partial charge in [0.25, 0.3) is 0 Å². The van der Waals surface area contributed by atoms with Crippen LogP contribution in [0.3, 0.4) is 0 Å². The van der Waals surface area contributed by atoms with Crippen molar-refractivity contribution in [3.8, 4) is 0 Å². The first-order chi connectivity index (χ1) is 9.22. The molecule has 3 rings (SSSR count). The van der Waals surface area contributed by atoms with Gasteiger partial charge >= 0.3 is 0 Å². The molecule has 2 aliphatic rings. The van der Waals surface area contributed by atoms with Gasteiger partial charge in [-0.25, -0.2) is 0 Å². The van der Waals surface area contributed by atoms with Crippen LogP contribution in [0.25, 0.3) is 0 Å². The van der Waals surface area contributed by atoms with Crippen LogP contribution in [0.5, 0.6) is 0 Å². The summed E-state index contributed by atoms with van der Waals surface area (Å²) in [7, 11) is 0. The van der Waals surface area contributed by atoms with Crippen LogP contribution >= 0.6 is 0 Å². The lowest BCUT2D eigenvalue weighted by atomic mass is 9.97. The first-order valence-corrected chi connectivity index (χ1v) is 7.39. The van der Waals surface area contributed by atoms with E-state index in [1.165, 1.54) is 11.3 Å². The standard InChI is InChI=1S/C16H24N2O/c1-3-16(2)12-18(14-8-9-19-11-14)15-7-5-4-6-13(15)10-17-16/h4-7,14,17H,3,8-12H2,1-2H3. The van der Waals surface area contributed by atoms with Gasteiger partial charge in [-0.15, -0.1) is 0 Å². The summed E-state index contributed by atoms with van der Waals surface area (Å²) in [6.07, 6.45) is 2.29. The van der Waals surface area contributed by atoms with Gasteiger partial charge in [0.15, 0.2) is 0 Å². The van der Waals surface area contributed by atoms with E-state index in [1.54, 1.807) is 0 Å². The third-order valence-electron chi connectivity index (χ3n) is 4.65. The molecule has 104 valence electrons. The fourth-order valence-corrected chi connectivity index (χ4v) is 3.10. The summed E-state index contributed by atoms with van der Waals surface area (Å²) in [4.78, 5) is 2.58. The molecule has 1 saturated heterocycles. The molecule has 1 fully saturated rings. The number of hydrogen-bond donors (Lipinski definition) is 1. The summed E-state index contributed by atoms with van der Waals surface area (Å²) in [5.41, 5.74) is 2.98. The summed E-state index contributed by atoms with van der Waals surface area (Å²) in [6.45, 7) is 8.40. The van der Waals surface area contributed by atoms with Gasteiger partial charge in [0, 0.05) is 30.9 Å². The maximum Gasteiger partial charge on any atom is 0.0670 e. The number of nitrogens with one attached hydrogen (secondary N) is 1.